The molecule has 32 heavy (non-hydrogen) atoms. The third-order valence-corrected chi connectivity index (χ3v) is 4.88. The molecule has 1 atom stereocenters. The summed E-state index contributed by atoms with van der Waals surface area (Å²) in [5, 5.41) is 4.30. The number of benzene rings is 1. The van der Waals surface area contributed by atoms with Crippen LogP contribution in [0.1, 0.15) is 32.9 Å². The van der Waals surface area contributed by atoms with Gasteiger partial charge in [-0.15, -0.1) is 0 Å². The highest BCUT2D eigenvalue weighted by Crippen LogP contribution is 2.23. The van der Waals surface area contributed by atoms with Crippen molar-refractivity contribution in [2.24, 2.45) is 0 Å². The summed E-state index contributed by atoms with van der Waals surface area (Å²) in [4.78, 5) is 25.9. The number of likely N-dealkylation sites (tertiary alicyclic amines) is 1. The van der Waals surface area contributed by atoms with Crippen molar-refractivity contribution in [3.05, 3.63) is 48.4 Å². The molecule has 1 aromatic carbocycles. The SMILES string of the molecule is CC(C)(C)OC(=O)N1CCC(Nc2ncnc3[nH]c(C#CCOc4ccccc4)cc23)C1. The van der Waals surface area contributed by atoms with Crippen molar-refractivity contribution in [1.82, 2.24) is 19.9 Å². The molecule has 1 unspecified atom stereocenters. The summed E-state index contributed by atoms with van der Waals surface area (Å²) < 4.78 is 11.1. The molecule has 1 aliphatic heterocycles. The van der Waals surface area contributed by atoms with Gasteiger partial charge in [0.1, 0.15) is 35.7 Å². The van der Waals surface area contributed by atoms with Crippen LogP contribution in [0.5, 0.6) is 5.75 Å². The molecular formula is C24H27N5O3. The Kier molecular flexibility index (Phi) is 6.17. The number of aromatic nitrogens is 3. The minimum atomic E-state index is -0.504. The summed E-state index contributed by atoms with van der Waals surface area (Å²) in [5.74, 6) is 7.59. The zero-order valence-corrected chi connectivity index (χ0v) is 18.5. The van der Waals surface area contributed by atoms with Crippen LogP contribution in [0.2, 0.25) is 0 Å². The lowest BCUT2D eigenvalue weighted by atomic mass is 10.2. The fourth-order valence-electron chi connectivity index (χ4n) is 3.45. The number of para-hydroxylation sites is 1. The van der Waals surface area contributed by atoms with Crippen molar-refractivity contribution in [2.75, 3.05) is 25.0 Å². The van der Waals surface area contributed by atoms with Crippen molar-refractivity contribution in [3.63, 3.8) is 0 Å². The van der Waals surface area contributed by atoms with Gasteiger partial charge >= 0.3 is 6.09 Å². The number of aromatic amines is 1. The van der Waals surface area contributed by atoms with Crippen LogP contribution in [0.25, 0.3) is 11.0 Å². The van der Waals surface area contributed by atoms with E-state index in [0.29, 0.717) is 25.3 Å². The Labute approximate surface area is 187 Å². The van der Waals surface area contributed by atoms with E-state index in [1.165, 1.54) is 6.33 Å². The maximum Gasteiger partial charge on any atom is 0.410 e. The number of nitrogens with zero attached hydrogens (tertiary/aromatic N) is 3. The Bertz CT molecular complexity index is 1140. The van der Waals surface area contributed by atoms with Gasteiger partial charge in [0.25, 0.3) is 0 Å². The molecule has 1 fully saturated rings. The van der Waals surface area contributed by atoms with E-state index in [9.17, 15) is 4.79 Å². The van der Waals surface area contributed by atoms with E-state index in [1.54, 1.807) is 4.90 Å². The van der Waals surface area contributed by atoms with Crippen molar-refractivity contribution < 1.29 is 14.3 Å². The van der Waals surface area contributed by atoms with Gasteiger partial charge in [-0.25, -0.2) is 14.8 Å². The van der Waals surface area contributed by atoms with Crippen LogP contribution in [-0.2, 0) is 4.74 Å². The maximum atomic E-state index is 12.3. The van der Waals surface area contributed by atoms with Crippen LogP contribution >= 0.6 is 0 Å². The molecule has 1 saturated heterocycles. The van der Waals surface area contributed by atoms with E-state index in [2.05, 4.69) is 32.1 Å². The van der Waals surface area contributed by atoms with Crippen molar-refractivity contribution >= 4 is 22.9 Å². The zero-order valence-electron chi connectivity index (χ0n) is 18.5. The molecular weight excluding hydrogens is 406 g/mol. The van der Waals surface area contributed by atoms with Crippen LogP contribution < -0.4 is 10.1 Å². The predicted octanol–water partition coefficient (Wildman–Crippen LogP) is 3.81. The second kappa shape index (κ2) is 9.18. The summed E-state index contributed by atoms with van der Waals surface area (Å²) >= 11 is 0. The van der Waals surface area contributed by atoms with E-state index in [0.717, 1.165) is 29.1 Å². The molecule has 0 saturated carbocycles. The van der Waals surface area contributed by atoms with Gasteiger partial charge in [-0.3, -0.25) is 0 Å². The molecule has 8 nitrogen and oxygen atoms in total. The minimum Gasteiger partial charge on any atom is -0.481 e. The standard InChI is InChI=1S/C24H27N5O3/c1-24(2,3)32-23(30)29-12-11-18(15-29)28-22-20-14-17(27-21(20)25-16-26-22)8-7-13-31-19-9-5-4-6-10-19/h4-6,9-10,14,16,18H,11-13,15H2,1-3H3,(H2,25,26,27,28). The highest BCUT2D eigenvalue weighted by molar-refractivity contribution is 5.88. The van der Waals surface area contributed by atoms with E-state index >= 15 is 0 Å². The van der Waals surface area contributed by atoms with Gasteiger partial charge in [0.2, 0.25) is 0 Å². The average molecular weight is 434 g/mol. The molecule has 0 bridgehead atoms. The monoisotopic (exact) mass is 433 g/mol. The summed E-state index contributed by atoms with van der Waals surface area (Å²) in [6.07, 6.45) is 2.04. The van der Waals surface area contributed by atoms with E-state index < -0.39 is 5.60 Å². The van der Waals surface area contributed by atoms with Crippen LogP contribution in [0.15, 0.2) is 42.7 Å². The molecule has 166 valence electrons. The van der Waals surface area contributed by atoms with Gasteiger partial charge < -0.3 is 24.7 Å². The minimum absolute atomic E-state index is 0.0873. The number of H-pyrrole nitrogens is 1. The second-order valence-electron chi connectivity index (χ2n) is 8.63. The lowest BCUT2D eigenvalue weighted by Crippen LogP contribution is -2.36. The summed E-state index contributed by atoms with van der Waals surface area (Å²) in [5.41, 5.74) is 0.940. The Morgan fingerprint density at radius 1 is 1.28 bits per heavy atom. The molecule has 2 N–H and O–H groups in total. The molecule has 2 aromatic heterocycles. The Morgan fingerprint density at radius 3 is 2.88 bits per heavy atom. The summed E-state index contributed by atoms with van der Waals surface area (Å²) in [6.45, 7) is 7.11. The van der Waals surface area contributed by atoms with Crippen LogP contribution in [0.4, 0.5) is 10.6 Å². The van der Waals surface area contributed by atoms with E-state index in [-0.39, 0.29) is 12.1 Å². The molecule has 1 aliphatic rings. The average Bonchev–Trinajstić information content (AvgIpc) is 3.38. The summed E-state index contributed by atoms with van der Waals surface area (Å²) in [6, 6.07) is 11.6. The van der Waals surface area contributed by atoms with Crippen LogP contribution in [0, 0.1) is 11.8 Å². The molecule has 0 radical (unpaired) electrons. The van der Waals surface area contributed by atoms with Crippen molar-refractivity contribution in [1.29, 1.82) is 0 Å². The lowest BCUT2D eigenvalue weighted by molar-refractivity contribution is 0.0293. The molecule has 3 aromatic rings. The largest absolute Gasteiger partial charge is 0.481 e. The Morgan fingerprint density at radius 2 is 2.09 bits per heavy atom. The van der Waals surface area contributed by atoms with Gasteiger partial charge in [-0.1, -0.05) is 24.1 Å². The van der Waals surface area contributed by atoms with Gasteiger partial charge in [-0.05, 0) is 51.3 Å². The molecule has 4 rings (SSSR count). The first-order valence-electron chi connectivity index (χ1n) is 10.6. The second-order valence-corrected chi connectivity index (χ2v) is 8.63. The van der Waals surface area contributed by atoms with Crippen LogP contribution in [0.3, 0.4) is 0 Å². The quantitative estimate of drug-likeness (QED) is 0.608. The number of carbonyl (C=O) groups is 1. The topological polar surface area (TPSA) is 92.4 Å². The van der Waals surface area contributed by atoms with Crippen molar-refractivity contribution in [3.8, 4) is 17.6 Å². The Hall–Kier alpha value is -3.73. The summed E-state index contributed by atoms with van der Waals surface area (Å²) in [7, 11) is 0. The number of hydrogen-bond donors (Lipinski definition) is 2. The number of nitrogens with one attached hydrogen (secondary N) is 2. The lowest BCUT2D eigenvalue weighted by Gasteiger charge is -2.24. The molecule has 0 spiro atoms. The van der Waals surface area contributed by atoms with Gasteiger partial charge in [0.05, 0.1) is 11.1 Å². The Balaban J connectivity index is 1.39. The number of hydrogen-bond acceptors (Lipinski definition) is 6. The first kappa shape index (κ1) is 21.5. The van der Waals surface area contributed by atoms with Gasteiger partial charge in [0.15, 0.2) is 0 Å². The highest BCUT2D eigenvalue weighted by Gasteiger charge is 2.30. The van der Waals surface area contributed by atoms with Crippen molar-refractivity contribution in [2.45, 2.75) is 38.8 Å². The number of ether oxygens (including phenoxy) is 2. The number of carbonyl (C=O) groups excluding carboxylic acids is 1. The first-order chi connectivity index (χ1) is 15.4. The normalized spacial score (nSPS) is 15.8. The highest BCUT2D eigenvalue weighted by atomic mass is 16.6. The van der Waals surface area contributed by atoms with E-state index in [1.807, 2.05) is 57.2 Å². The zero-order chi connectivity index (χ0) is 22.6. The fourth-order valence-corrected chi connectivity index (χ4v) is 3.45. The van der Waals surface area contributed by atoms with Gasteiger partial charge in [0, 0.05) is 19.1 Å². The maximum absolute atomic E-state index is 12.3. The predicted molar refractivity (Wildman–Crippen MR) is 123 cm³/mol. The number of rotatable bonds is 4. The van der Waals surface area contributed by atoms with Crippen LogP contribution in [-0.4, -0.2) is 57.3 Å². The first-order valence-corrected chi connectivity index (χ1v) is 10.6. The molecule has 0 aliphatic carbocycles. The fraction of sp³-hybridized carbons (Fsp3) is 0.375. The molecule has 8 heteroatoms. The molecule has 3 heterocycles. The third-order valence-electron chi connectivity index (χ3n) is 4.88. The smallest absolute Gasteiger partial charge is 0.410 e. The number of amides is 1. The third kappa shape index (κ3) is 5.49. The van der Waals surface area contributed by atoms with E-state index in [4.69, 9.17) is 9.47 Å². The van der Waals surface area contributed by atoms with Gasteiger partial charge in [-0.2, -0.15) is 0 Å². The molecule has 1 amide bonds. The number of fused-ring (bicyclic) bond motifs is 1. The number of anilines is 1.